The zero-order valence-electron chi connectivity index (χ0n) is 7.25. The van der Waals surface area contributed by atoms with Crippen molar-refractivity contribution in [1.82, 2.24) is 0 Å². The lowest BCUT2D eigenvalue weighted by atomic mass is 9.88. The fraction of sp³-hybridized carbons (Fsp3) is 1.00. The van der Waals surface area contributed by atoms with E-state index in [-0.39, 0.29) is 6.29 Å². The number of hydrogen-bond acceptors (Lipinski definition) is 2. The van der Waals surface area contributed by atoms with E-state index in [2.05, 4.69) is 13.8 Å². The summed E-state index contributed by atoms with van der Waals surface area (Å²) in [4.78, 5) is 0. The van der Waals surface area contributed by atoms with Crippen molar-refractivity contribution in [2.24, 2.45) is 11.8 Å². The second kappa shape index (κ2) is 2.76. The van der Waals surface area contributed by atoms with E-state index >= 15 is 0 Å². The van der Waals surface area contributed by atoms with Gasteiger partial charge in [-0.2, -0.15) is 0 Å². The van der Waals surface area contributed by atoms with Crippen molar-refractivity contribution in [2.45, 2.75) is 39.1 Å². The molecule has 0 aromatic carbocycles. The van der Waals surface area contributed by atoms with E-state index in [1.165, 1.54) is 12.8 Å². The van der Waals surface area contributed by atoms with Crippen molar-refractivity contribution in [3.63, 3.8) is 0 Å². The topological polar surface area (TPSA) is 18.5 Å². The predicted molar refractivity (Wildman–Crippen MR) is 42.2 cm³/mol. The summed E-state index contributed by atoms with van der Waals surface area (Å²) in [6, 6.07) is 0. The lowest BCUT2D eigenvalue weighted by Gasteiger charge is -2.29. The van der Waals surface area contributed by atoms with Crippen molar-refractivity contribution < 1.29 is 9.47 Å². The maximum atomic E-state index is 5.65. The third kappa shape index (κ3) is 1.30. The van der Waals surface area contributed by atoms with Gasteiger partial charge in [0.2, 0.25) is 0 Å². The third-order valence-electron chi connectivity index (χ3n) is 2.80. The highest BCUT2D eigenvalue weighted by atomic mass is 16.7. The largest absolute Gasteiger partial charge is 0.350 e. The molecule has 0 spiro atoms. The summed E-state index contributed by atoms with van der Waals surface area (Å²) < 4.78 is 11.2. The fourth-order valence-electron chi connectivity index (χ4n) is 2.01. The summed E-state index contributed by atoms with van der Waals surface area (Å²) >= 11 is 0. The fourth-order valence-corrected chi connectivity index (χ4v) is 2.01. The van der Waals surface area contributed by atoms with Crippen molar-refractivity contribution in [2.75, 3.05) is 6.61 Å². The molecule has 0 aromatic heterocycles. The molecular weight excluding hydrogens is 140 g/mol. The molecule has 0 N–H and O–H groups in total. The molecular formula is C9H16O2. The SMILES string of the molecule is CC(C)C1CC[C@H]2CO[C@@H]1O2. The van der Waals surface area contributed by atoms with E-state index in [1.54, 1.807) is 0 Å². The Bertz CT molecular complexity index is 144. The van der Waals surface area contributed by atoms with Gasteiger partial charge in [-0.05, 0) is 18.8 Å². The Kier molecular flexibility index (Phi) is 1.90. The molecule has 2 saturated heterocycles. The van der Waals surface area contributed by atoms with Crippen LogP contribution in [0.5, 0.6) is 0 Å². The highest BCUT2D eigenvalue weighted by Gasteiger charge is 2.38. The Balaban J connectivity index is 2.01. The van der Waals surface area contributed by atoms with Crippen LogP contribution in [-0.4, -0.2) is 19.0 Å². The minimum atomic E-state index is 0.119. The van der Waals surface area contributed by atoms with Crippen LogP contribution in [0.1, 0.15) is 26.7 Å². The van der Waals surface area contributed by atoms with Crippen molar-refractivity contribution in [1.29, 1.82) is 0 Å². The highest BCUT2D eigenvalue weighted by molar-refractivity contribution is 4.80. The van der Waals surface area contributed by atoms with Crippen LogP contribution in [0.2, 0.25) is 0 Å². The van der Waals surface area contributed by atoms with Gasteiger partial charge in [-0.25, -0.2) is 0 Å². The zero-order valence-corrected chi connectivity index (χ0v) is 7.25. The predicted octanol–water partition coefficient (Wildman–Crippen LogP) is 1.79. The van der Waals surface area contributed by atoms with Crippen LogP contribution < -0.4 is 0 Å². The van der Waals surface area contributed by atoms with Gasteiger partial charge in [0.1, 0.15) is 0 Å². The molecule has 2 fully saturated rings. The van der Waals surface area contributed by atoms with E-state index in [9.17, 15) is 0 Å². The lowest BCUT2D eigenvalue weighted by molar-refractivity contribution is -0.131. The van der Waals surface area contributed by atoms with E-state index in [0.29, 0.717) is 17.9 Å². The molecule has 2 aliphatic rings. The van der Waals surface area contributed by atoms with E-state index in [0.717, 1.165) is 6.61 Å². The van der Waals surface area contributed by atoms with E-state index < -0.39 is 0 Å². The van der Waals surface area contributed by atoms with Gasteiger partial charge in [0.05, 0.1) is 12.7 Å². The van der Waals surface area contributed by atoms with E-state index in [1.807, 2.05) is 0 Å². The quantitative estimate of drug-likeness (QED) is 0.576. The number of rotatable bonds is 1. The molecule has 64 valence electrons. The van der Waals surface area contributed by atoms with Gasteiger partial charge >= 0.3 is 0 Å². The normalized spacial score (nSPS) is 43.4. The van der Waals surface area contributed by atoms with Crippen LogP contribution in [0.15, 0.2) is 0 Å². The summed E-state index contributed by atoms with van der Waals surface area (Å²) in [5, 5.41) is 0. The minimum absolute atomic E-state index is 0.119. The molecule has 2 bridgehead atoms. The standard InChI is InChI=1S/C9H16O2/c1-6(2)8-4-3-7-5-10-9(8)11-7/h6-9H,3-5H2,1-2H3/t7-,8?,9+/m0/s1. The van der Waals surface area contributed by atoms with Crippen LogP contribution in [-0.2, 0) is 9.47 Å². The van der Waals surface area contributed by atoms with Crippen LogP contribution in [0, 0.1) is 11.8 Å². The molecule has 11 heavy (non-hydrogen) atoms. The maximum Gasteiger partial charge on any atom is 0.161 e. The van der Waals surface area contributed by atoms with Gasteiger partial charge in [0, 0.05) is 5.92 Å². The second-order valence-electron chi connectivity index (χ2n) is 3.95. The summed E-state index contributed by atoms with van der Waals surface area (Å²) in [5.41, 5.74) is 0. The molecule has 0 aliphatic carbocycles. The first-order chi connectivity index (χ1) is 5.27. The highest BCUT2D eigenvalue weighted by Crippen LogP contribution is 2.35. The molecule has 3 atom stereocenters. The Morgan fingerprint density at radius 1 is 1.27 bits per heavy atom. The van der Waals surface area contributed by atoms with Gasteiger partial charge in [0.25, 0.3) is 0 Å². The van der Waals surface area contributed by atoms with Crippen LogP contribution in [0.4, 0.5) is 0 Å². The molecule has 0 radical (unpaired) electrons. The summed E-state index contributed by atoms with van der Waals surface area (Å²) in [5.74, 6) is 1.33. The molecule has 1 unspecified atom stereocenters. The molecule has 2 rings (SSSR count). The van der Waals surface area contributed by atoms with Crippen molar-refractivity contribution in [3.8, 4) is 0 Å². The number of fused-ring (bicyclic) bond motifs is 2. The lowest BCUT2D eigenvalue weighted by Crippen LogP contribution is -2.31. The van der Waals surface area contributed by atoms with Gasteiger partial charge in [0.15, 0.2) is 6.29 Å². The number of ether oxygens (including phenoxy) is 2. The first-order valence-electron chi connectivity index (χ1n) is 4.54. The maximum absolute atomic E-state index is 5.65. The van der Waals surface area contributed by atoms with Crippen LogP contribution >= 0.6 is 0 Å². The number of hydrogen-bond donors (Lipinski definition) is 0. The van der Waals surface area contributed by atoms with Crippen molar-refractivity contribution in [3.05, 3.63) is 0 Å². The Labute approximate surface area is 67.9 Å². The summed E-state index contributed by atoms with van der Waals surface area (Å²) in [7, 11) is 0. The first-order valence-corrected chi connectivity index (χ1v) is 4.54. The summed E-state index contributed by atoms with van der Waals surface area (Å²) in [6.45, 7) is 5.32. The van der Waals surface area contributed by atoms with Gasteiger partial charge in [-0.15, -0.1) is 0 Å². The molecule has 2 aliphatic heterocycles. The second-order valence-corrected chi connectivity index (χ2v) is 3.95. The van der Waals surface area contributed by atoms with Crippen LogP contribution in [0.25, 0.3) is 0 Å². The third-order valence-corrected chi connectivity index (χ3v) is 2.80. The minimum Gasteiger partial charge on any atom is -0.350 e. The first kappa shape index (κ1) is 7.56. The molecule has 2 heteroatoms. The Hall–Kier alpha value is -0.0800. The van der Waals surface area contributed by atoms with E-state index in [4.69, 9.17) is 9.47 Å². The van der Waals surface area contributed by atoms with Crippen molar-refractivity contribution >= 4 is 0 Å². The smallest absolute Gasteiger partial charge is 0.161 e. The Morgan fingerprint density at radius 3 is 2.82 bits per heavy atom. The average Bonchev–Trinajstić information content (AvgIpc) is 2.32. The average molecular weight is 156 g/mol. The zero-order chi connectivity index (χ0) is 7.84. The molecule has 0 saturated carbocycles. The van der Waals surface area contributed by atoms with Gasteiger partial charge in [-0.1, -0.05) is 13.8 Å². The van der Waals surface area contributed by atoms with Gasteiger partial charge in [-0.3, -0.25) is 0 Å². The molecule has 0 aromatic rings. The molecule has 2 nitrogen and oxygen atoms in total. The van der Waals surface area contributed by atoms with Gasteiger partial charge < -0.3 is 9.47 Å². The Morgan fingerprint density at radius 2 is 2.09 bits per heavy atom. The molecule has 0 amide bonds. The molecule has 2 heterocycles. The monoisotopic (exact) mass is 156 g/mol. The summed E-state index contributed by atoms with van der Waals surface area (Å²) in [6.07, 6.45) is 3.01. The van der Waals surface area contributed by atoms with Crippen LogP contribution in [0.3, 0.4) is 0 Å².